The average Bonchev–Trinajstić information content (AvgIpc) is 3.77. The molecule has 0 unspecified atom stereocenters. The van der Waals surface area contributed by atoms with Gasteiger partial charge in [-0.1, -0.05) is 133 Å². The number of para-hydroxylation sites is 4. The number of nitrogens with zero attached hydrogens (tertiary/aromatic N) is 3. The fourth-order valence-corrected chi connectivity index (χ4v) is 8.59. The van der Waals surface area contributed by atoms with Crippen LogP contribution >= 0.6 is 0 Å². The Morgan fingerprint density at radius 3 is 1.60 bits per heavy atom. The highest BCUT2D eigenvalue weighted by Crippen LogP contribution is 2.45. The molecular formula is C52H35N3. The van der Waals surface area contributed by atoms with Crippen LogP contribution < -0.4 is 4.90 Å². The molecule has 0 amide bonds. The molecule has 9 aromatic carbocycles. The lowest BCUT2D eigenvalue weighted by atomic mass is 10.0. The van der Waals surface area contributed by atoms with Crippen molar-refractivity contribution in [2.24, 2.45) is 0 Å². The van der Waals surface area contributed by atoms with Gasteiger partial charge in [0.1, 0.15) is 0 Å². The van der Waals surface area contributed by atoms with Crippen molar-refractivity contribution in [1.29, 1.82) is 0 Å². The Hall–Kier alpha value is -7.36. The maximum absolute atomic E-state index is 2.45. The number of rotatable bonds is 6. The molecular weight excluding hydrogens is 667 g/mol. The summed E-state index contributed by atoms with van der Waals surface area (Å²) >= 11 is 0. The molecule has 2 aromatic heterocycles. The Kier molecular flexibility index (Phi) is 7.17. The minimum absolute atomic E-state index is 1.09. The van der Waals surface area contributed by atoms with Crippen LogP contribution in [0.5, 0.6) is 0 Å². The minimum atomic E-state index is 1.09. The molecule has 0 bridgehead atoms. The van der Waals surface area contributed by atoms with Gasteiger partial charge in [0.25, 0.3) is 0 Å². The number of anilines is 3. The van der Waals surface area contributed by atoms with Crippen molar-refractivity contribution in [2.45, 2.75) is 0 Å². The zero-order valence-corrected chi connectivity index (χ0v) is 30.0. The van der Waals surface area contributed by atoms with E-state index in [1.165, 1.54) is 65.5 Å². The molecule has 55 heavy (non-hydrogen) atoms. The van der Waals surface area contributed by atoms with E-state index in [2.05, 4.69) is 226 Å². The number of fused-ring (bicyclic) bond motifs is 7. The van der Waals surface area contributed by atoms with E-state index in [1.807, 2.05) is 0 Å². The van der Waals surface area contributed by atoms with Crippen LogP contribution in [0, 0.1) is 0 Å². The Morgan fingerprint density at radius 2 is 0.855 bits per heavy atom. The zero-order valence-electron chi connectivity index (χ0n) is 30.0. The number of aromatic nitrogens is 2. The number of hydrogen-bond acceptors (Lipinski definition) is 1. The van der Waals surface area contributed by atoms with Gasteiger partial charge in [0.2, 0.25) is 0 Å². The quantitative estimate of drug-likeness (QED) is 0.168. The summed E-state index contributed by atoms with van der Waals surface area (Å²) in [6.45, 7) is 0. The van der Waals surface area contributed by atoms with E-state index < -0.39 is 0 Å². The predicted octanol–water partition coefficient (Wildman–Crippen LogP) is 14.2. The van der Waals surface area contributed by atoms with Crippen molar-refractivity contribution in [2.75, 3.05) is 4.90 Å². The molecule has 0 aliphatic carbocycles. The molecule has 0 N–H and O–H groups in total. The second-order valence-electron chi connectivity index (χ2n) is 14.2. The maximum atomic E-state index is 2.45. The lowest BCUT2D eigenvalue weighted by molar-refractivity contribution is 1.17. The van der Waals surface area contributed by atoms with Gasteiger partial charge in [-0.05, 0) is 101 Å². The van der Waals surface area contributed by atoms with Crippen molar-refractivity contribution in [1.82, 2.24) is 9.13 Å². The Bertz CT molecular complexity index is 3190. The summed E-state index contributed by atoms with van der Waals surface area (Å²) in [6, 6.07) is 77.0. The lowest BCUT2D eigenvalue weighted by Crippen LogP contribution is -2.10. The molecule has 0 aliphatic rings. The minimum Gasteiger partial charge on any atom is -0.310 e. The normalized spacial score (nSPS) is 11.6. The molecule has 0 fully saturated rings. The van der Waals surface area contributed by atoms with Gasteiger partial charge in [-0.25, -0.2) is 0 Å². The predicted molar refractivity (Wildman–Crippen MR) is 233 cm³/mol. The van der Waals surface area contributed by atoms with Gasteiger partial charge in [0.05, 0.1) is 27.8 Å². The third-order valence-corrected chi connectivity index (χ3v) is 11.1. The van der Waals surface area contributed by atoms with Gasteiger partial charge in [-0.3, -0.25) is 0 Å². The SMILES string of the molecule is c1ccc(-n2c3ccccc3c3ccc(N(c4ccc(-c5ccc6ccccc6c5)cc4)c4cccc5c4c4ccccc4n5-c4ccccc4)cc32)cc1. The fourth-order valence-electron chi connectivity index (χ4n) is 8.59. The van der Waals surface area contributed by atoms with Crippen LogP contribution in [0.2, 0.25) is 0 Å². The molecule has 258 valence electrons. The van der Waals surface area contributed by atoms with Crippen molar-refractivity contribution in [3.05, 3.63) is 212 Å². The second-order valence-corrected chi connectivity index (χ2v) is 14.2. The lowest BCUT2D eigenvalue weighted by Gasteiger charge is -2.27. The summed E-state index contributed by atoms with van der Waals surface area (Å²) in [5, 5.41) is 7.40. The summed E-state index contributed by atoms with van der Waals surface area (Å²) in [5.74, 6) is 0. The molecule has 0 saturated carbocycles. The summed E-state index contributed by atoms with van der Waals surface area (Å²) in [5.41, 5.74) is 12.7. The summed E-state index contributed by atoms with van der Waals surface area (Å²) in [7, 11) is 0. The highest BCUT2D eigenvalue weighted by atomic mass is 15.2. The largest absolute Gasteiger partial charge is 0.310 e. The van der Waals surface area contributed by atoms with Crippen LogP contribution in [-0.2, 0) is 0 Å². The number of benzene rings is 9. The monoisotopic (exact) mass is 701 g/mol. The number of hydrogen-bond donors (Lipinski definition) is 0. The molecule has 2 heterocycles. The molecule has 0 radical (unpaired) electrons. The molecule has 0 saturated heterocycles. The maximum Gasteiger partial charge on any atom is 0.0562 e. The molecule has 0 atom stereocenters. The first-order chi connectivity index (χ1) is 27.3. The van der Waals surface area contributed by atoms with Gasteiger partial charge in [0, 0.05) is 44.3 Å². The van der Waals surface area contributed by atoms with E-state index in [4.69, 9.17) is 0 Å². The van der Waals surface area contributed by atoms with Gasteiger partial charge in [-0.15, -0.1) is 0 Å². The van der Waals surface area contributed by atoms with Gasteiger partial charge < -0.3 is 14.0 Å². The van der Waals surface area contributed by atoms with E-state index >= 15 is 0 Å². The van der Waals surface area contributed by atoms with E-state index in [9.17, 15) is 0 Å². The average molecular weight is 702 g/mol. The van der Waals surface area contributed by atoms with E-state index in [0.29, 0.717) is 0 Å². The van der Waals surface area contributed by atoms with Gasteiger partial charge in [0.15, 0.2) is 0 Å². The van der Waals surface area contributed by atoms with Crippen molar-refractivity contribution >= 4 is 71.4 Å². The third-order valence-electron chi connectivity index (χ3n) is 11.1. The van der Waals surface area contributed by atoms with Crippen LogP contribution in [0.3, 0.4) is 0 Å². The van der Waals surface area contributed by atoms with Crippen molar-refractivity contribution < 1.29 is 0 Å². The highest BCUT2D eigenvalue weighted by Gasteiger charge is 2.22. The Balaban J connectivity index is 1.17. The zero-order chi connectivity index (χ0) is 36.3. The topological polar surface area (TPSA) is 13.1 Å². The van der Waals surface area contributed by atoms with Crippen LogP contribution in [-0.4, -0.2) is 9.13 Å². The Labute approximate surface area is 319 Å². The van der Waals surface area contributed by atoms with Crippen LogP contribution in [0.1, 0.15) is 0 Å². The van der Waals surface area contributed by atoms with E-state index in [0.717, 1.165) is 28.4 Å². The standard InChI is InChI=1S/C52H35N3/c1-3-16-40(17-4-1)54-48-23-12-10-21-46(48)52-49(24-13-25-50(52)54)53(42-30-28-37(29-31-42)39-27-26-36-14-7-8-15-38(36)34-39)43-32-33-45-44-20-9-11-22-47(44)55(51(45)35-43)41-18-5-2-6-19-41/h1-35H. The van der Waals surface area contributed by atoms with Crippen molar-refractivity contribution in [3.8, 4) is 22.5 Å². The summed E-state index contributed by atoms with van der Waals surface area (Å²) in [6.07, 6.45) is 0. The molecule has 3 nitrogen and oxygen atoms in total. The molecule has 0 spiro atoms. The highest BCUT2D eigenvalue weighted by molar-refractivity contribution is 6.17. The first kappa shape index (κ1) is 31.2. The first-order valence-electron chi connectivity index (χ1n) is 18.9. The summed E-state index contributed by atoms with van der Waals surface area (Å²) < 4.78 is 4.79. The second kappa shape index (κ2) is 12.6. The van der Waals surface area contributed by atoms with Crippen LogP contribution in [0.4, 0.5) is 17.1 Å². The molecule has 0 aliphatic heterocycles. The van der Waals surface area contributed by atoms with Gasteiger partial charge >= 0.3 is 0 Å². The molecule has 11 aromatic rings. The van der Waals surface area contributed by atoms with Gasteiger partial charge in [-0.2, -0.15) is 0 Å². The first-order valence-corrected chi connectivity index (χ1v) is 18.9. The fraction of sp³-hybridized carbons (Fsp3) is 0. The van der Waals surface area contributed by atoms with Crippen LogP contribution in [0.15, 0.2) is 212 Å². The third kappa shape index (κ3) is 5.05. The van der Waals surface area contributed by atoms with Crippen LogP contribution in [0.25, 0.3) is 76.9 Å². The Morgan fingerprint density at radius 1 is 0.309 bits per heavy atom. The molecule has 3 heteroatoms. The molecule has 11 rings (SSSR count). The smallest absolute Gasteiger partial charge is 0.0562 e. The van der Waals surface area contributed by atoms with Crippen molar-refractivity contribution in [3.63, 3.8) is 0 Å². The van der Waals surface area contributed by atoms with E-state index in [1.54, 1.807) is 0 Å². The van der Waals surface area contributed by atoms with E-state index in [-0.39, 0.29) is 0 Å². The summed E-state index contributed by atoms with van der Waals surface area (Å²) in [4.78, 5) is 2.45.